The van der Waals surface area contributed by atoms with Crippen LogP contribution < -0.4 is 30.2 Å². The van der Waals surface area contributed by atoms with E-state index in [1.54, 1.807) is 14.2 Å². The number of rotatable bonds is 17. The van der Waals surface area contributed by atoms with E-state index in [0.717, 1.165) is 44.2 Å². The highest BCUT2D eigenvalue weighted by Gasteiger charge is 2.48. The molecule has 6 aromatic carbocycles. The molecule has 6 aromatic rings. The molecule has 0 radical (unpaired) electrons. The van der Waals surface area contributed by atoms with Crippen molar-refractivity contribution in [2.75, 3.05) is 14.2 Å². The van der Waals surface area contributed by atoms with Crippen LogP contribution in [0.5, 0.6) is 11.5 Å². The van der Waals surface area contributed by atoms with E-state index in [2.05, 4.69) is 79.4 Å². The number of aryl methyl sites for hydroxylation is 1. The molecule has 0 heterocycles. The van der Waals surface area contributed by atoms with Gasteiger partial charge in [0.1, 0.15) is 11.5 Å². The SMILES string of the molecule is CC(C)(C)[Si](O)(c1ccccc1)c1ccccc1.CC(C)(C)[Si](O)(c1ccccc1)c1ccccc1.CCCCCCC#Cc1ccc(OC)cc1.CCCCCCCCc1ccc(OC)cc1. The highest BCUT2D eigenvalue weighted by Crippen LogP contribution is 2.34. The summed E-state index contributed by atoms with van der Waals surface area (Å²) in [5, 5.41) is 4.01. The van der Waals surface area contributed by atoms with Gasteiger partial charge in [0, 0.05) is 12.0 Å². The summed E-state index contributed by atoms with van der Waals surface area (Å²) >= 11 is 0. The summed E-state index contributed by atoms with van der Waals surface area (Å²) in [5.74, 6) is 8.21. The van der Waals surface area contributed by atoms with Crippen LogP contribution in [0.25, 0.3) is 0 Å². The van der Waals surface area contributed by atoms with Gasteiger partial charge in [0.25, 0.3) is 16.6 Å². The monoisotopic (exact) mass is 949 g/mol. The molecular weight excluding hydrogens is 865 g/mol. The second-order valence-electron chi connectivity index (χ2n) is 19.6. The Hall–Kier alpha value is -5.17. The molecule has 0 aliphatic rings. The van der Waals surface area contributed by atoms with Crippen molar-refractivity contribution in [3.05, 3.63) is 181 Å². The van der Waals surface area contributed by atoms with E-state index in [4.69, 9.17) is 9.47 Å². The summed E-state index contributed by atoms with van der Waals surface area (Å²) in [6.45, 7) is 17.2. The lowest BCUT2D eigenvalue weighted by molar-refractivity contribution is 0.414. The Kier molecular flexibility index (Phi) is 25.5. The predicted molar refractivity (Wildman–Crippen MR) is 298 cm³/mol. The minimum Gasteiger partial charge on any atom is -0.497 e. The highest BCUT2D eigenvalue weighted by atomic mass is 28.4. The zero-order valence-electron chi connectivity index (χ0n) is 43.4. The summed E-state index contributed by atoms with van der Waals surface area (Å²) in [6, 6.07) is 56.7. The van der Waals surface area contributed by atoms with Gasteiger partial charge in [0.15, 0.2) is 0 Å². The molecule has 0 saturated heterocycles. The molecule has 0 aromatic heterocycles. The van der Waals surface area contributed by atoms with Crippen LogP contribution in [-0.4, -0.2) is 40.4 Å². The van der Waals surface area contributed by atoms with Gasteiger partial charge in [-0.3, -0.25) is 0 Å². The van der Waals surface area contributed by atoms with E-state index in [-0.39, 0.29) is 10.1 Å². The number of hydrogen-bond donors (Lipinski definition) is 2. The van der Waals surface area contributed by atoms with Gasteiger partial charge in [0.05, 0.1) is 14.2 Å². The molecule has 0 aliphatic carbocycles. The van der Waals surface area contributed by atoms with Crippen molar-refractivity contribution in [1.29, 1.82) is 0 Å². The molecule has 0 amide bonds. The van der Waals surface area contributed by atoms with Gasteiger partial charge in [-0.2, -0.15) is 0 Å². The van der Waals surface area contributed by atoms with Crippen molar-refractivity contribution in [1.82, 2.24) is 0 Å². The van der Waals surface area contributed by atoms with E-state index >= 15 is 0 Å². The fourth-order valence-electron chi connectivity index (χ4n) is 8.16. The van der Waals surface area contributed by atoms with Gasteiger partial charge >= 0.3 is 0 Å². The lowest BCUT2D eigenvalue weighted by Gasteiger charge is -2.38. The minimum absolute atomic E-state index is 0.143. The number of benzene rings is 6. The van der Waals surface area contributed by atoms with Crippen LogP contribution in [0, 0.1) is 11.8 Å². The molecule has 0 spiro atoms. The minimum atomic E-state index is -2.70. The molecule has 6 heteroatoms. The van der Waals surface area contributed by atoms with Crippen molar-refractivity contribution in [2.45, 2.75) is 143 Å². The van der Waals surface area contributed by atoms with Crippen LogP contribution in [-0.2, 0) is 6.42 Å². The van der Waals surface area contributed by atoms with Crippen molar-refractivity contribution >= 4 is 37.4 Å². The third-order valence-corrected chi connectivity index (χ3v) is 21.4. The average molecular weight is 950 g/mol. The summed E-state index contributed by atoms with van der Waals surface area (Å²) in [6.07, 6.45) is 15.5. The molecule has 0 bridgehead atoms. The molecule has 0 saturated carbocycles. The fourth-order valence-corrected chi connectivity index (χ4v) is 15.0. The maximum atomic E-state index is 11.4. The van der Waals surface area contributed by atoms with Crippen LogP contribution in [0.1, 0.15) is 137 Å². The number of ether oxygens (including phenoxy) is 2. The second-order valence-corrected chi connectivity index (χ2v) is 27.7. The Bertz CT molecular complexity index is 2080. The van der Waals surface area contributed by atoms with Crippen LogP contribution in [0.4, 0.5) is 0 Å². The smallest absolute Gasteiger partial charge is 0.258 e. The number of hydrogen-bond acceptors (Lipinski definition) is 4. The van der Waals surface area contributed by atoms with Gasteiger partial charge in [-0.05, 0) is 92.0 Å². The summed E-state index contributed by atoms with van der Waals surface area (Å²) in [5.41, 5.74) is 2.49. The first-order chi connectivity index (χ1) is 32.6. The van der Waals surface area contributed by atoms with Crippen LogP contribution in [0.3, 0.4) is 0 Å². The number of unbranched alkanes of at least 4 members (excludes halogenated alkanes) is 9. The molecule has 0 fully saturated rings. The van der Waals surface area contributed by atoms with Gasteiger partial charge in [-0.15, -0.1) is 0 Å². The molecule has 2 N–H and O–H groups in total. The summed E-state index contributed by atoms with van der Waals surface area (Å²) < 4.78 is 10.2. The third kappa shape index (κ3) is 18.4. The molecule has 0 atom stereocenters. The molecular formula is C62H84O4Si2. The van der Waals surface area contributed by atoms with E-state index in [9.17, 15) is 9.59 Å². The highest BCUT2D eigenvalue weighted by molar-refractivity contribution is 6.99. The quantitative estimate of drug-likeness (QED) is 0.0543. The maximum absolute atomic E-state index is 11.4. The van der Waals surface area contributed by atoms with Crippen molar-refractivity contribution < 1.29 is 19.1 Å². The predicted octanol–water partition coefficient (Wildman–Crippen LogP) is 13.7. The van der Waals surface area contributed by atoms with Crippen molar-refractivity contribution in [3.63, 3.8) is 0 Å². The van der Waals surface area contributed by atoms with Crippen LogP contribution >= 0.6 is 0 Å². The van der Waals surface area contributed by atoms with E-state index in [0.29, 0.717) is 0 Å². The van der Waals surface area contributed by atoms with Gasteiger partial charge < -0.3 is 19.1 Å². The van der Waals surface area contributed by atoms with Gasteiger partial charge in [0.2, 0.25) is 0 Å². The van der Waals surface area contributed by atoms with Crippen molar-refractivity contribution in [2.24, 2.45) is 0 Å². The molecule has 0 unspecified atom stereocenters. The molecule has 0 aliphatic heterocycles. The Morgan fingerprint density at radius 1 is 0.412 bits per heavy atom. The first-order valence-electron chi connectivity index (χ1n) is 25.1. The third-order valence-electron chi connectivity index (χ3n) is 12.4. The van der Waals surface area contributed by atoms with Crippen molar-refractivity contribution in [3.8, 4) is 23.3 Å². The van der Waals surface area contributed by atoms with Gasteiger partial charge in [-0.25, -0.2) is 0 Å². The molecule has 68 heavy (non-hydrogen) atoms. The zero-order valence-corrected chi connectivity index (χ0v) is 45.4. The summed E-state index contributed by atoms with van der Waals surface area (Å²) in [7, 11) is -2.02. The standard InChI is InChI=1S/2C16H20OSi.C15H24O.C15H20O/c2*1-16(2,3)18(17,14-10-6-4-7-11-14)15-12-8-5-9-13-15;2*1-3-4-5-6-7-8-9-14-10-12-15(16-2)13-11-14/h2*4-13,17H,1-3H3;10-13H,3-9H2,1-2H3;10-13H,3-7H2,1-2H3. The molecule has 6 rings (SSSR count). The second kappa shape index (κ2) is 30.3. The largest absolute Gasteiger partial charge is 0.497 e. The van der Waals surface area contributed by atoms with E-state index < -0.39 is 16.6 Å². The lowest BCUT2D eigenvalue weighted by atomic mass is 10.1. The Morgan fingerprint density at radius 3 is 1.07 bits per heavy atom. The topological polar surface area (TPSA) is 58.9 Å². The summed E-state index contributed by atoms with van der Waals surface area (Å²) in [4.78, 5) is 22.9. The Morgan fingerprint density at radius 2 is 0.735 bits per heavy atom. The van der Waals surface area contributed by atoms with Crippen LogP contribution in [0.2, 0.25) is 10.1 Å². The Balaban J connectivity index is 0.000000241. The van der Waals surface area contributed by atoms with E-state index in [1.807, 2.05) is 158 Å². The Labute approximate surface area is 415 Å². The first-order valence-corrected chi connectivity index (χ1v) is 29.0. The van der Waals surface area contributed by atoms with E-state index in [1.165, 1.54) is 76.2 Å². The molecule has 4 nitrogen and oxygen atoms in total. The maximum Gasteiger partial charge on any atom is 0.258 e. The van der Waals surface area contributed by atoms with Gasteiger partial charge in [-0.1, -0.05) is 252 Å². The zero-order chi connectivity index (χ0) is 49.7. The average Bonchev–Trinajstić information content (AvgIpc) is 3.37. The lowest BCUT2D eigenvalue weighted by Crippen LogP contribution is -2.64. The fraction of sp³-hybridized carbons (Fsp3) is 0.387. The molecule has 364 valence electrons. The van der Waals surface area contributed by atoms with Crippen LogP contribution in [0.15, 0.2) is 170 Å². The first kappa shape index (κ1) is 57.2. The number of methoxy groups -OCH3 is 2. The normalized spacial score (nSPS) is 11.2.